The van der Waals surface area contributed by atoms with Crippen LogP contribution in [0.2, 0.25) is 0 Å². The van der Waals surface area contributed by atoms with Crippen molar-refractivity contribution in [2.75, 3.05) is 13.2 Å². The Hall–Kier alpha value is 0.310. The maximum atomic E-state index is 4.94. The molecule has 12 radical (unpaired) electrons. The van der Waals surface area contributed by atoms with Gasteiger partial charge < -0.3 is 4.74 Å². The zero-order chi connectivity index (χ0) is 14.8. The molecule has 1 saturated carbocycles. The molecule has 2 heteroatoms. The van der Waals surface area contributed by atoms with Crippen LogP contribution in [0.15, 0.2) is 24.3 Å². The summed E-state index contributed by atoms with van der Waals surface area (Å²) in [5, 5.41) is 0. The molecular weight excluding hydrogens is 435 g/mol. The fraction of sp³-hybridized carbons (Fsp3) is 0.200. The predicted octanol–water partition coefficient (Wildman–Crippen LogP) is 4.36. The number of ether oxygens (including phenoxy) is 1. The van der Waals surface area contributed by atoms with E-state index < -0.39 is 0 Å². The van der Waals surface area contributed by atoms with E-state index in [9.17, 15) is 0 Å². The first kappa shape index (κ1) is 22.3. The third-order valence-corrected chi connectivity index (χ3v) is 2.61. The molecule has 0 unspecified atom stereocenters. The van der Waals surface area contributed by atoms with Crippen LogP contribution in [0, 0.1) is 77.0 Å². The van der Waals surface area contributed by atoms with Crippen molar-refractivity contribution in [3.63, 3.8) is 0 Å². The summed E-state index contributed by atoms with van der Waals surface area (Å²) in [6.45, 7) is 2.00. The first-order valence-electron chi connectivity index (χ1n) is 7.41. The van der Waals surface area contributed by atoms with Gasteiger partial charge in [0.25, 0.3) is 0 Å². The molecule has 2 aliphatic carbocycles. The number of hydrogen-bond donors (Lipinski definition) is 0. The molecule has 0 aromatic heterocycles. The molecule has 1 saturated heterocycles. The summed E-state index contributed by atoms with van der Waals surface area (Å²) in [6, 6.07) is 0. The monoisotopic (exact) mass is 460 g/mol. The van der Waals surface area contributed by atoms with Gasteiger partial charge in [0.2, 0.25) is 0 Å². The number of hydrogen-bond acceptors (Lipinski definition) is 1. The van der Waals surface area contributed by atoms with Crippen molar-refractivity contribution in [2.45, 2.75) is 12.8 Å². The molecule has 0 atom stereocenters. The van der Waals surface area contributed by atoms with E-state index in [2.05, 4.69) is 0 Å². The quantitative estimate of drug-likeness (QED) is 0.490. The van der Waals surface area contributed by atoms with Crippen molar-refractivity contribution in [3.8, 4) is 0 Å². The Morgan fingerprint density at radius 1 is 0.409 bits per heavy atom. The Morgan fingerprint density at radius 2 is 0.682 bits per heavy atom. The van der Waals surface area contributed by atoms with Gasteiger partial charge in [-0.05, 0) is 89.9 Å². The largest absolute Gasteiger partial charge is 0.381 e. The van der Waals surface area contributed by atoms with Crippen molar-refractivity contribution in [3.05, 3.63) is 101 Å². The Bertz CT molecular complexity index is 199. The molecule has 3 rings (SSSR count). The SMILES string of the molecule is C1CCOC1.[CH]1[CH]/C=C\[CH][CH]/C=C\1.[CH]1[CH][CH][CH][CH][CH][CH][CH]1.[Hf]. The Balaban J connectivity index is 0.000000302. The van der Waals surface area contributed by atoms with Crippen molar-refractivity contribution in [2.24, 2.45) is 0 Å². The van der Waals surface area contributed by atoms with E-state index in [-0.39, 0.29) is 25.8 Å². The van der Waals surface area contributed by atoms with Crippen LogP contribution in [-0.4, -0.2) is 13.2 Å². The van der Waals surface area contributed by atoms with E-state index in [0.717, 1.165) is 13.2 Å². The maximum absolute atomic E-state index is 4.94. The van der Waals surface area contributed by atoms with Crippen molar-refractivity contribution >= 4 is 0 Å². The zero-order valence-electron chi connectivity index (χ0n) is 13.0. The van der Waals surface area contributed by atoms with E-state index in [0.29, 0.717) is 0 Å². The molecule has 22 heavy (non-hydrogen) atoms. The summed E-state index contributed by atoms with van der Waals surface area (Å²) < 4.78 is 4.94. The van der Waals surface area contributed by atoms with Crippen LogP contribution in [0.3, 0.4) is 0 Å². The van der Waals surface area contributed by atoms with Crippen LogP contribution in [0.5, 0.6) is 0 Å². The van der Waals surface area contributed by atoms with E-state index in [1.165, 1.54) is 12.8 Å². The summed E-state index contributed by atoms with van der Waals surface area (Å²) in [5.74, 6) is 0. The normalized spacial score (nSPS) is 24.4. The van der Waals surface area contributed by atoms with Crippen LogP contribution >= 0.6 is 0 Å². The molecule has 0 aromatic carbocycles. The average molecular weight is 459 g/mol. The van der Waals surface area contributed by atoms with Gasteiger partial charge in [-0.3, -0.25) is 0 Å². The Morgan fingerprint density at radius 3 is 0.864 bits per heavy atom. The Labute approximate surface area is 157 Å². The molecule has 114 valence electrons. The van der Waals surface area contributed by atoms with Gasteiger partial charge in [-0.25, -0.2) is 0 Å². The number of allylic oxidation sites excluding steroid dienone is 4. The van der Waals surface area contributed by atoms with Gasteiger partial charge in [0, 0.05) is 39.1 Å². The summed E-state index contributed by atoms with van der Waals surface area (Å²) in [6.07, 6.45) is 34.6. The van der Waals surface area contributed by atoms with Crippen molar-refractivity contribution < 1.29 is 30.6 Å². The number of rotatable bonds is 0. The summed E-state index contributed by atoms with van der Waals surface area (Å²) in [4.78, 5) is 0. The standard InChI is InChI=1S/2C8H8.C4H8O.Hf/c2*1-2-4-6-8-7-5-3-1;1-2-4-5-3-1;/h2*1-8H;1-4H2;/b2-1-,8-7-;;;. The van der Waals surface area contributed by atoms with Crippen LogP contribution in [-0.2, 0) is 30.6 Å². The minimum atomic E-state index is 0. The topological polar surface area (TPSA) is 9.23 Å². The van der Waals surface area contributed by atoms with Gasteiger partial charge in [-0.1, -0.05) is 24.3 Å². The van der Waals surface area contributed by atoms with E-state index in [4.69, 9.17) is 4.74 Å². The Kier molecular flexibility index (Phi) is 19.6. The van der Waals surface area contributed by atoms with Crippen molar-refractivity contribution in [1.29, 1.82) is 0 Å². The minimum absolute atomic E-state index is 0. The van der Waals surface area contributed by atoms with Crippen LogP contribution < -0.4 is 0 Å². The molecule has 0 amide bonds. The first-order valence-corrected chi connectivity index (χ1v) is 7.41. The minimum Gasteiger partial charge on any atom is -0.381 e. The molecule has 0 aromatic rings. The fourth-order valence-electron chi connectivity index (χ4n) is 1.54. The van der Waals surface area contributed by atoms with Crippen LogP contribution in [0.4, 0.5) is 0 Å². The van der Waals surface area contributed by atoms with Gasteiger partial charge in [0.1, 0.15) is 0 Å². The summed E-state index contributed by atoms with van der Waals surface area (Å²) in [7, 11) is 0. The van der Waals surface area contributed by atoms with Gasteiger partial charge in [0.05, 0.1) is 0 Å². The van der Waals surface area contributed by atoms with Crippen LogP contribution in [0.25, 0.3) is 0 Å². The third kappa shape index (κ3) is 16.7. The molecule has 1 nitrogen and oxygen atoms in total. The van der Waals surface area contributed by atoms with Gasteiger partial charge >= 0.3 is 0 Å². The van der Waals surface area contributed by atoms with Crippen LogP contribution in [0.1, 0.15) is 12.8 Å². The molecule has 1 heterocycles. The molecule has 3 aliphatic rings. The second kappa shape index (κ2) is 19.4. The molecule has 2 fully saturated rings. The van der Waals surface area contributed by atoms with Gasteiger partial charge in [0.15, 0.2) is 0 Å². The van der Waals surface area contributed by atoms with E-state index in [1.807, 2.05) is 101 Å². The summed E-state index contributed by atoms with van der Waals surface area (Å²) >= 11 is 0. The summed E-state index contributed by atoms with van der Waals surface area (Å²) in [5.41, 5.74) is 0. The fourth-order valence-corrected chi connectivity index (χ4v) is 1.54. The molecular formula is C20H24HfO. The molecule has 0 N–H and O–H groups in total. The maximum Gasteiger partial charge on any atom is 0.0466 e. The molecule has 0 bridgehead atoms. The third-order valence-electron chi connectivity index (χ3n) is 2.61. The van der Waals surface area contributed by atoms with Gasteiger partial charge in [-0.15, -0.1) is 0 Å². The van der Waals surface area contributed by atoms with Crippen molar-refractivity contribution in [1.82, 2.24) is 0 Å². The first-order chi connectivity index (χ1) is 10.5. The molecule has 0 spiro atoms. The second-order valence-corrected chi connectivity index (χ2v) is 4.40. The van der Waals surface area contributed by atoms with E-state index >= 15 is 0 Å². The van der Waals surface area contributed by atoms with E-state index in [1.54, 1.807) is 0 Å². The average Bonchev–Trinajstić information content (AvgIpc) is 2.96. The van der Waals surface area contributed by atoms with Gasteiger partial charge in [-0.2, -0.15) is 0 Å². The smallest absolute Gasteiger partial charge is 0.0466 e. The second-order valence-electron chi connectivity index (χ2n) is 4.40. The zero-order valence-corrected chi connectivity index (χ0v) is 16.6. The molecule has 1 aliphatic heterocycles. The predicted molar refractivity (Wildman–Crippen MR) is 89.9 cm³/mol.